The number of hydrogen-bond acceptors (Lipinski definition) is 4. The fraction of sp³-hybridized carbons (Fsp3) is 0.385. The molecule has 1 fully saturated rings. The Labute approximate surface area is 107 Å². The van der Waals surface area contributed by atoms with Crippen molar-refractivity contribution in [3.63, 3.8) is 0 Å². The van der Waals surface area contributed by atoms with Crippen LogP contribution in [0.4, 0.5) is 17.1 Å². The molecule has 0 unspecified atom stereocenters. The molecule has 0 amide bonds. The summed E-state index contributed by atoms with van der Waals surface area (Å²) in [5.41, 5.74) is 8.65. The van der Waals surface area contributed by atoms with Crippen LogP contribution in [0.25, 0.3) is 0 Å². The number of nitrogen functional groups attached to an aromatic ring is 1. The average molecular weight is 243 g/mol. The van der Waals surface area contributed by atoms with Crippen molar-refractivity contribution >= 4 is 23.4 Å². The van der Waals surface area contributed by atoms with Gasteiger partial charge in [0.1, 0.15) is 11.6 Å². The van der Waals surface area contributed by atoms with Crippen LogP contribution in [-0.2, 0) is 0 Å². The molecule has 0 radical (unpaired) electrons. The van der Waals surface area contributed by atoms with E-state index in [4.69, 9.17) is 5.73 Å². The molecule has 1 aromatic rings. The molecule has 0 atom stereocenters. The van der Waals surface area contributed by atoms with Crippen LogP contribution in [0.1, 0.15) is 12.0 Å². The molecule has 1 heterocycles. The first-order valence-electron chi connectivity index (χ1n) is 5.91. The first-order valence-corrected chi connectivity index (χ1v) is 5.91. The maximum atomic E-state index is 9.32. The van der Waals surface area contributed by atoms with E-state index in [-0.39, 0.29) is 0 Å². The van der Waals surface area contributed by atoms with Gasteiger partial charge >= 0.3 is 0 Å². The summed E-state index contributed by atoms with van der Waals surface area (Å²) in [7, 11) is 3.77. The third-order valence-corrected chi connectivity index (χ3v) is 2.86. The highest BCUT2D eigenvalue weighted by molar-refractivity contribution is 5.78. The molecule has 0 bridgehead atoms. The summed E-state index contributed by atoms with van der Waals surface area (Å²) in [6, 6.07) is 5.83. The van der Waals surface area contributed by atoms with E-state index in [0.29, 0.717) is 16.9 Å². The molecule has 0 aromatic heterocycles. The zero-order valence-corrected chi connectivity index (χ0v) is 10.7. The molecule has 0 aliphatic carbocycles. The zero-order valence-electron chi connectivity index (χ0n) is 10.7. The fourth-order valence-corrected chi connectivity index (χ4v) is 1.83. The normalized spacial score (nSPS) is 14.4. The van der Waals surface area contributed by atoms with Gasteiger partial charge in [0.2, 0.25) is 0 Å². The van der Waals surface area contributed by atoms with Crippen molar-refractivity contribution in [3.8, 4) is 6.07 Å². The predicted molar refractivity (Wildman–Crippen MR) is 74.2 cm³/mol. The minimum atomic E-state index is 0.599. The van der Waals surface area contributed by atoms with Gasteiger partial charge in [0.05, 0.1) is 17.7 Å². The molecule has 1 saturated heterocycles. The summed E-state index contributed by atoms with van der Waals surface area (Å²) in [4.78, 5) is 8.29. The highest BCUT2D eigenvalue weighted by atomic mass is 15.2. The first-order chi connectivity index (χ1) is 8.61. The van der Waals surface area contributed by atoms with Crippen molar-refractivity contribution in [2.24, 2.45) is 4.99 Å². The van der Waals surface area contributed by atoms with Gasteiger partial charge in [0, 0.05) is 32.9 Å². The number of benzene rings is 1. The van der Waals surface area contributed by atoms with Gasteiger partial charge in [-0.2, -0.15) is 5.26 Å². The van der Waals surface area contributed by atoms with Crippen molar-refractivity contribution in [1.82, 2.24) is 4.90 Å². The Balaban J connectivity index is 2.45. The Morgan fingerprint density at radius 1 is 1.44 bits per heavy atom. The molecular formula is C13H17N5. The van der Waals surface area contributed by atoms with E-state index in [2.05, 4.69) is 16.0 Å². The summed E-state index contributed by atoms with van der Waals surface area (Å²) in [5.74, 6) is 0. The van der Waals surface area contributed by atoms with Gasteiger partial charge in [-0.25, -0.2) is 4.99 Å². The molecule has 5 heteroatoms. The van der Waals surface area contributed by atoms with Crippen molar-refractivity contribution in [3.05, 3.63) is 17.7 Å². The van der Waals surface area contributed by atoms with Gasteiger partial charge < -0.3 is 15.5 Å². The smallest absolute Gasteiger partial charge is 0.104 e. The molecular weight excluding hydrogens is 226 g/mol. The number of aliphatic imine (C=N–C) groups is 1. The van der Waals surface area contributed by atoms with Crippen molar-refractivity contribution in [1.29, 1.82) is 5.26 Å². The molecule has 1 aromatic carbocycles. The minimum Gasteiger partial charge on any atom is -0.399 e. The largest absolute Gasteiger partial charge is 0.399 e. The highest BCUT2D eigenvalue weighted by Gasteiger charge is 2.20. The minimum absolute atomic E-state index is 0.599. The quantitative estimate of drug-likeness (QED) is 0.497. The topological polar surface area (TPSA) is 68.7 Å². The van der Waals surface area contributed by atoms with Crippen LogP contribution < -0.4 is 10.6 Å². The lowest BCUT2D eigenvalue weighted by Gasteiger charge is -2.34. The van der Waals surface area contributed by atoms with E-state index in [9.17, 15) is 5.26 Å². The second-order valence-electron chi connectivity index (χ2n) is 4.59. The molecule has 2 rings (SSSR count). The Kier molecular flexibility index (Phi) is 3.38. The van der Waals surface area contributed by atoms with Crippen LogP contribution >= 0.6 is 0 Å². The van der Waals surface area contributed by atoms with E-state index in [1.807, 2.05) is 25.1 Å². The monoisotopic (exact) mass is 243 g/mol. The lowest BCUT2D eigenvalue weighted by atomic mass is 10.1. The SMILES string of the molecule is CN(C)C=Nc1cc(N)cc(N2CCC2)c1C#N. The van der Waals surface area contributed by atoms with Gasteiger partial charge in [-0.3, -0.25) is 0 Å². The molecule has 0 saturated carbocycles. The highest BCUT2D eigenvalue weighted by Crippen LogP contribution is 2.34. The summed E-state index contributed by atoms with van der Waals surface area (Å²) >= 11 is 0. The number of anilines is 2. The van der Waals surface area contributed by atoms with Crippen molar-refractivity contribution < 1.29 is 0 Å². The molecule has 2 N–H and O–H groups in total. The van der Waals surface area contributed by atoms with E-state index >= 15 is 0 Å². The molecule has 1 aliphatic heterocycles. The maximum absolute atomic E-state index is 9.32. The third-order valence-electron chi connectivity index (χ3n) is 2.86. The Morgan fingerprint density at radius 2 is 2.17 bits per heavy atom. The van der Waals surface area contributed by atoms with Crippen LogP contribution in [0.3, 0.4) is 0 Å². The molecule has 1 aliphatic rings. The summed E-state index contributed by atoms with van der Waals surface area (Å²) in [6.07, 6.45) is 2.84. The van der Waals surface area contributed by atoms with E-state index < -0.39 is 0 Å². The Morgan fingerprint density at radius 3 is 2.67 bits per heavy atom. The lowest BCUT2D eigenvalue weighted by Crippen LogP contribution is -2.37. The Bertz CT molecular complexity index is 509. The summed E-state index contributed by atoms with van der Waals surface area (Å²) in [5, 5.41) is 9.32. The van der Waals surface area contributed by atoms with Crippen molar-refractivity contribution in [2.75, 3.05) is 37.8 Å². The number of nitrogens with zero attached hydrogens (tertiary/aromatic N) is 4. The fourth-order valence-electron chi connectivity index (χ4n) is 1.83. The maximum Gasteiger partial charge on any atom is 0.104 e. The number of rotatable bonds is 3. The van der Waals surface area contributed by atoms with E-state index in [1.165, 1.54) is 0 Å². The predicted octanol–water partition coefficient (Wildman–Crippen LogP) is 1.57. The van der Waals surface area contributed by atoms with Crippen LogP contribution in [0.5, 0.6) is 0 Å². The summed E-state index contributed by atoms with van der Waals surface area (Å²) in [6.45, 7) is 1.96. The molecule has 94 valence electrons. The van der Waals surface area contributed by atoms with Gasteiger partial charge in [-0.15, -0.1) is 0 Å². The zero-order chi connectivity index (χ0) is 13.1. The Hall–Kier alpha value is -2.22. The molecule has 18 heavy (non-hydrogen) atoms. The van der Waals surface area contributed by atoms with Crippen LogP contribution in [0.2, 0.25) is 0 Å². The van der Waals surface area contributed by atoms with Gasteiger partial charge in [0.25, 0.3) is 0 Å². The third kappa shape index (κ3) is 2.38. The standard InChI is InChI=1S/C13H17N5/c1-17(2)9-16-12-6-10(15)7-13(11(12)8-14)18-4-3-5-18/h6-7,9H,3-5,15H2,1-2H3. The second-order valence-corrected chi connectivity index (χ2v) is 4.59. The van der Waals surface area contributed by atoms with Crippen molar-refractivity contribution in [2.45, 2.75) is 6.42 Å². The van der Waals surface area contributed by atoms with Crippen LogP contribution in [0.15, 0.2) is 17.1 Å². The van der Waals surface area contributed by atoms with Gasteiger partial charge in [0.15, 0.2) is 0 Å². The number of nitrogens with two attached hydrogens (primary N) is 1. The number of hydrogen-bond donors (Lipinski definition) is 1. The summed E-state index contributed by atoms with van der Waals surface area (Å²) < 4.78 is 0. The number of nitriles is 1. The van der Waals surface area contributed by atoms with Crippen LogP contribution in [0, 0.1) is 11.3 Å². The second kappa shape index (κ2) is 4.96. The molecule has 5 nitrogen and oxygen atoms in total. The van der Waals surface area contributed by atoms with Gasteiger partial charge in [-0.1, -0.05) is 0 Å². The van der Waals surface area contributed by atoms with E-state index in [0.717, 1.165) is 25.2 Å². The lowest BCUT2D eigenvalue weighted by molar-refractivity contribution is 0.617. The average Bonchev–Trinajstić information content (AvgIpc) is 2.23. The molecule has 0 spiro atoms. The first kappa shape index (κ1) is 12.2. The van der Waals surface area contributed by atoms with E-state index in [1.54, 1.807) is 12.4 Å². The van der Waals surface area contributed by atoms with Gasteiger partial charge in [-0.05, 0) is 18.6 Å². The van der Waals surface area contributed by atoms with Crippen LogP contribution in [-0.4, -0.2) is 38.4 Å².